The SMILES string of the molecule is CCOC(=O)C1(CNC(=O)Nc2cccc(OC)c2)CCC1. The Morgan fingerprint density at radius 2 is 2.09 bits per heavy atom. The molecule has 0 bridgehead atoms. The Balaban J connectivity index is 1.87. The number of rotatable bonds is 6. The van der Waals surface area contributed by atoms with Crippen molar-refractivity contribution in [2.75, 3.05) is 25.6 Å². The number of benzene rings is 1. The molecule has 1 aromatic carbocycles. The summed E-state index contributed by atoms with van der Waals surface area (Å²) in [6, 6.07) is 6.74. The minimum Gasteiger partial charge on any atom is -0.497 e. The van der Waals surface area contributed by atoms with E-state index in [-0.39, 0.29) is 12.0 Å². The Morgan fingerprint density at radius 1 is 1.32 bits per heavy atom. The lowest BCUT2D eigenvalue weighted by Crippen LogP contribution is -2.49. The molecule has 0 aromatic heterocycles. The third-order valence-corrected chi connectivity index (χ3v) is 3.93. The molecule has 2 N–H and O–H groups in total. The van der Waals surface area contributed by atoms with Crippen LogP contribution in [-0.2, 0) is 9.53 Å². The molecule has 1 saturated carbocycles. The lowest BCUT2D eigenvalue weighted by Gasteiger charge is -2.39. The minimum absolute atomic E-state index is 0.220. The molecule has 6 heteroatoms. The predicted octanol–water partition coefficient (Wildman–Crippen LogP) is 2.55. The normalized spacial score (nSPS) is 15.4. The lowest BCUT2D eigenvalue weighted by atomic mass is 9.68. The molecule has 0 heterocycles. The highest BCUT2D eigenvalue weighted by Crippen LogP contribution is 2.41. The van der Waals surface area contributed by atoms with Crippen molar-refractivity contribution in [2.24, 2.45) is 5.41 Å². The second kappa shape index (κ2) is 7.15. The fourth-order valence-electron chi connectivity index (χ4n) is 2.47. The average molecular weight is 306 g/mol. The zero-order chi connectivity index (χ0) is 16.0. The monoisotopic (exact) mass is 306 g/mol. The number of hydrogen-bond donors (Lipinski definition) is 2. The van der Waals surface area contributed by atoms with Crippen LogP contribution in [0.1, 0.15) is 26.2 Å². The molecule has 2 amide bonds. The van der Waals surface area contributed by atoms with Gasteiger partial charge in [-0.15, -0.1) is 0 Å². The van der Waals surface area contributed by atoms with Gasteiger partial charge >= 0.3 is 12.0 Å². The van der Waals surface area contributed by atoms with Gasteiger partial charge in [0.2, 0.25) is 0 Å². The van der Waals surface area contributed by atoms with E-state index in [0.717, 1.165) is 19.3 Å². The van der Waals surface area contributed by atoms with Gasteiger partial charge in [0.25, 0.3) is 0 Å². The maximum atomic E-state index is 12.0. The van der Waals surface area contributed by atoms with Gasteiger partial charge < -0.3 is 20.1 Å². The molecule has 1 aliphatic carbocycles. The van der Waals surface area contributed by atoms with Gasteiger partial charge in [-0.05, 0) is 31.9 Å². The lowest BCUT2D eigenvalue weighted by molar-refractivity contribution is -0.160. The maximum Gasteiger partial charge on any atom is 0.319 e. The third kappa shape index (κ3) is 3.69. The summed E-state index contributed by atoms with van der Waals surface area (Å²) in [4.78, 5) is 24.0. The number of methoxy groups -OCH3 is 1. The summed E-state index contributed by atoms with van der Waals surface area (Å²) < 4.78 is 10.2. The van der Waals surface area contributed by atoms with Crippen LogP contribution in [0.25, 0.3) is 0 Å². The van der Waals surface area contributed by atoms with Crippen molar-refractivity contribution in [3.63, 3.8) is 0 Å². The van der Waals surface area contributed by atoms with Crippen molar-refractivity contribution in [1.29, 1.82) is 0 Å². The van der Waals surface area contributed by atoms with Crippen molar-refractivity contribution >= 4 is 17.7 Å². The van der Waals surface area contributed by atoms with Gasteiger partial charge in [-0.2, -0.15) is 0 Å². The number of carbonyl (C=O) groups excluding carboxylic acids is 2. The van der Waals surface area contributed by atoms with Gasteiger partial charge in [-0.3, -0.25) is 4.79 Å². The zero-order valence-electron chi connectivity index (χ0n) is 13.0. The largest absolute Gasteiger partial charge is 0.497 e. The first-order valence-corrected chi connectivity index (χ1v) is 7.46. The summed E-state index contributed by atoms with van der Waals surface area (Å²) in [6.07, 6.45) is 2.49. The van der Waals surface area contributed by atoms with Crippen LogP contribution in [0.2, 0.25) is 0 Å². The molecule has 1 aromatic rings. The van der Waals surface area contributed by atoms with E-state index in [4.69, 9.17) is 9.47 Å². The highest BCUT2D eigenvalue weighted by atomic mass is 16.5. The van der Waals surface area contributed by atoms with Crippen LogP contribution in [0.15, 0.2) is 24.3 Å². The van der Waals surface area contributed by atoms with Gasteiger partial charge in [0.05, 0.1) is 19.1 Å². The van der Waals surface area contributed by atoms with E-state index in [1.807, 2.05) is 0 Å². The molecule has 6 nitrogen and oxygen atoms in total. The molecule has 120 valence electrons. The van der Waals surface area contributed by atoms with E-state index < -0.39 is 5.41 Å². The Labute approximate surface area is 130 Å². The second-order valence-corrected chi connectivity index (χ2v) is 5.39. The molecule has 0 saturated heterocycles. The summed E-state index contributed by atoms with van der Waals surface area (Å²) in [5.74, 6) is 0.447. The first-order chi connectivity index (χ1) is 10.6. The van der Waals surface area contributed by atoms with Gasteiger partial charge in [0.15, 0.2) is 0 Å². The van der Waals surface area contributed by atoms with Crippen molar-refractivity contribution in [2.45, 2.75) is 26.2 Å². The predicted molar refractivity (Wildman–Crippen MR) is 82.9 cm³/mol. The van der Waals surface area contributed by atoms with Crippen molar-refractivity contribution in [3.8, 4) is 5.75 Å². The van der Waals surface area contributed by atoms with Crippen LogP contribution in [0.4, 0.5) is 10.5 Å². The standard InChI is InChI=1S/C16H22N2O4/c1-3-22-14(19)16(8-5-9-16)11-17-15(20)18-12-6-4-7-13(10-12)21-2/h4,6-7,10H,3,5,8-9,11H2,1-2H3,(H2,17,18,20). The number of carbonyl (C=O) groups is 2. The Morgan fingerprint density at radius 3 is 2.68 bits per heavy atom. The fraction of sp³-hybridized carbons (Fsp3) is 0.500. The first kappa shape index (κ1) is 16.1. The van der Waals surface area contributed by atoms with Crippen molar-refractivity contribution < 1.29 is 19.1 Å². The maximum absolute atomic E-state index is 12.0. The average Bonchev–Trinajstić information content (AvgIpc) is 2.46. The van der Waals surface area contributed by atoms with Gasteiger partial charge in [-0.1, -0.05) is 12.5 Å². The number of urea groups is 1. The molecule has 22 heavy (non-hydrogen) atoms. The minimum atomic E-state index is -0.554. The smallest absolute Gasteiger partial charge is 0.319 e. The summed E-state index contributed by atoms with van der Waals surface area (Å²) in [5.41, 5.74) is 0.0810. The summed E-state index contributed by atoms with van der Waals surface area (Å²) >= 11 is 0. The van der Waals surface area contributed by atoms with E-state index in [1.165, 1.54) is 0 Å². The Bertz CT molecular complexity index is 541. The molecule has 0 spiro atoms. The number of nitrogens with one attached hydrogen (secondary N) is 2. The molecule has 0 atom stereocenters. The van der Waals surface area contributed by atoms with Crippen LogP contribution < -0.4 is 15.4 Å². The fourth-order valence-corrected chi connectivity index (χ4v) is 2.47. The molecule has 0 unspecified atom stereocenters. The second-order valence-electron chi connectivity index (χ2n) is 5.39. The van der Waals surface area contributed by atoms with E-state index >= 15 is 0 Å². The van der Waals surface area contributed by atoms with E-state index in [2.05, 4.69) is 10.6 Å². The van der Waals surface area contributed by atoms with Crippen LogP contribution >= 0.6 is 0 Å². The molecule has 1 fully saturated rings. The number of amides is 2. The molecule has 0 aliphatic heterocycles. The molecular weight excluding hydrogens is 284 g/mol. The summed E-state index contributed by atoms with van der Waals surface area (Å²) in [7, 11) is 1.57. The zero-order valence-corrected chi connectivity index (χ0v) is 13.0. The number of ether oxygens (including phenoxy) is 2. The molecular formula is C16H22N2O4. The summed E-state index contributed by atoms with van der Waals surface area (Å²) in [5, 5.41) is 5.49. The van der Waals surface area contributed by atoms with Crippen molar-refractivity contribution in [3.05, 3.63) is 24.3 Å². The highest BCUT2D eigenvalue weighted by Gasteiger charge is 2.45. The van der Waals surface area contributed by atoms with E-state index in [9.17, 15) is 9.59 Å². The van der Waals surface area contributed by atoms with Gasteiger partial charge in [-0.25, -0.2) is 4.79 Å². The molecule has 0 radical (unpaired) electrons. The third-order valence-electron chi connectivity index (χ3n) is 3.93. The number of hydrogen-bond acceptors (Lipinski definition) is 4. The van der Waals surface area contributed by atoms with Crippen LogP contribution in [0, 0.1) is 5.41 Å². The highest BCUT2D eigenvalue weighted by molar-refractivity contribution is 5.90. The van der Waals surface area contributed by atoms with E-state index in [1.54, 1.807) is 38.3 Å². The van der Waals surface area contributed by atoms with Gasteiger partial charge in [0, 0.05) is 18.3 Å². The number of esters is 1. The first-order valence-electron chi connectivity index (χ1n) is 7.46. The quantitative estimate of drug-likeness (QED) is 0.792. The van der Waals surface area contributed by atoms with Crippen molar-refractivity contribution in [1.82, 2.24) is 5.32 Å². The van der Waals surface area contributed by atoms with Crippen LogP contribution in [0.5, 0.6) is 5.75 Å². The van der Waals surface area contributed by atoms with Gasteiger partial charge in [0.1, 0.15) is 5.75 Å². The van der Waals surface area contributed by atoms with Crippen LogP contribution in [-0.4, -0.2) is 32.3 Å². The summed E-state index contributed by atoms with van der Waals surface area (Å²) in [6.45, 7) is 2.44. The molecule has 1 aliphatic rings. The number of anilines is 1. The Hall–Kier alpha value is -2.24. The van der Waals surface area contributed by atoms with Crippen LogP contribution in [0.3, 0.4) is 0 Å². The van der Waals surface area contributed by atoms with E-state index in [0.29, 0.717) is 24.6 Å². The molecule has 2 rings (SSSR count). The topological polar surface area (TPSA) is 76.7 Å². The Kier molecular flexibility index (Phi) is 5.25.